The minimum Gasteiger partial charge on any atom is -0.489 e. The fraction of sp³-hybridized carbons (Fsp3) is 0.192. The van der Waals surface area contributed by atoms with Gasteiger partial charge in [-0.15, -0.1) is 17.3 Å². The highest BCUT2D eigenvalue weighted by atomic mass is 32.1. The molecule has 0 saturated heterocycles. The quantitative estimate of drug-likeness (QED) is 0.343. The van der Waals surface area contributed by atoms with Gasteiger partial charge in [0.25, 0.3) is 0 Å². The minimum atomic E-state index is -0.0612. The standard InChI is InChI=1S/C26H21N3OS/c1-3-4-20(11-12-27)21-6-8-22(9-7-21)30-15-19-5-10-26-23(13-19)25(16-31-26)24-14-28-17-29-18(24)2/h5-10,13-14,16-17,20H,11,15H2,1-2H3/t20-/m0/s1. The first-order chi connectivity index (χ1) is 15.2. The highest BCUT2D eigenvalue weighted by molar-refractivity contribution is 7.17. The fourth-order valence-corrected chi connectivity index (χ4v) is 4.45. The first-order valence-electron chi connectivity index (χ1n) is 9.98. The van der Waals surface area contributed by atoms with Gasteiger partial charge in [0.2, 0.25) is 0 Å². The number of aromatic nitrogens is 2. The van der Waals surface area contributed by atoms with E-state index in [1.165, 1.54) is 10.1 Å². The summed E-state index contributed by atoms with van der Waals surface area (Å²) in [6.07, 6.45) is 3.84. The number of rotatable bonds is 6. The van der Waals surface area contributed by atoms with Gasteiger partial charge >= 0.3 is 0 Å². The summed E-state index contributed by atoms with van der Waals surface area (Å²) in [7, 11) is 0. The van der Waals surface area contributed by atoms with E-state index < -0.39 is 0 Å². The summed E-state index contributed by atoms with van der Waals surface area (Å²) in [5, 5.41) is 12.4. The van der Waals surface area contributed by atoms with E-state index in [1.54, 1.807) is 24.6 Å². The lowest BCUT2D eigenvalue weighted by atomic mass is 9.97. The highest BCUT2D eigenvalue weighted by Crippen LogP contribution is 2.35. The molecule has 2 aromatic carbocycles. The molecule has 0 amide bonds. The topological polar surface area (TPSA) is 58.8 Å². The van der Waals surface area contributed by atoms with Crippen LogP contribution < -0.4 is 4.74 Å². The molecule has 0 spiro atoms. The summed E-state index contributed by atoms with van der Waals surface area (Å²) >= 11 is 1.72. The number of nitriles is 1. The van der Waals surface area contributed by atoms with E-state index in [9.17, 15) is 0 Å². The molecule has 0 saturated carbocycles. The number of benzene rings is 2. The number of hydrogen-bond donors (Lipinski definition) is 0. The number of ether oxygens (including phenoxy) is 1. The lowest BCUT2D eigenvalue weighted by molar-refractivity contribution is 0.306. The van der Waals surface area contributed by atoms with Crippen molar-refractivity contribution in [3.8, 4) is 34.8 Å². The molecule has 0 aliphatic heterocycles. The molecular weight excluding hydrogens is 402 g/mol. The molecule has 0 aliphatic carbocycles. The van der Waals surface area contributed by atoms with E-state index in [0.29, 0.717) is 13.0 Å². The largest absolute Gasteiger partial charge is 0.489 e. The molecule has 0 aliphatic rings. The van der Waals surface area contributed by atoms with Crippen molar-refractivity contribution in [2.24, 2.45) is 0 Å². The Labute approximate surface area is 186 Å². The van der Waals surface area contributed by atoms with E-state index in [-0.39, 0.29) is 5.92 Å². The van der Waals surface area contributed by atoms with Crippen molar-refractivity contribution in [1.82, 2.24) is 9.97 Å². The van der Waals surface area contributed by atoms with Crippen LogP contribution in [0.1, 0.15) is 36.1 Å². The van der Waals surface area contributed by atoms with Gasteiger partial charge in [-0.05, 0) is 54.6 Å². The molecule has 31 heavy (non-hydrogen) atoms. The fourth-order valence-electron chi connectivity index (χ4n) is 3.51. The second-order valence-corrected chi connectivity index (χ2v) is 8.08. The van der Waals surface area contributed by atoms with Crippen molar-refractivity contribution in [2.45, 2.75) is 32.8 Å². The Kier molecular flexibility index (Phi) is 6.26. The normalized spacial score (nSPS) is 11.4. The summed E-state index contributed by atoms with van der Waals surface area (Å²) in [6, 6.07) is 16.5. The van der Waals surface area contributed by atoms with E-state index in [1.807, 2.05) is 37.4 Å². The number of thiophene rings is 1. The Morgan fingerprint density at radius 1 is 1.13 bits per heavy atom. The number of nitrogens with zero attached hydrogens (tertiary/aromatic N) is 3. The van der Waals surface area contributed by atoms with Crippen LogP contribution in [-0.2, 0) is 6.61 Å². The van der Waals surface area contributed by atoms with Crippen LogP contribution in [0.25, 0.3) is 21.2 Å². The Hall–Kier alpha value is -3.67. The van der Waals surface area contributed by atoms with Gasteiger partial charge in [-0.1, -0.05) is 24.1 Å². The van der Waals surface area contributed by atoms with Crippen molar-refractivity contribution >= 4 is 21.4 Å². The third-order valence-corrected chi connectivity index (χ3v) is 6.10. The van der Waals surface area contributed by atoms with Gasteiger partial charge in [0, 0.05) is 33.1 Å². The van der Waals surface area contributed by atoms with Crippen LogP contribution in [0.4, 0.5) is 0 Å². The number of hydrogen-bond acceptors (Lipinski definition) is 5. The van der Waals surface area contributed by atoms with Gasteiger partial charge < -0.3 is 4.74 Å². The van der Waals surface area contributed by atoms with E-state index in [0.717, 1.165) is 33.7 Å². The van der Waals surface area contributed by atoms with Gasteiger partial charge in [-0.3, -0.25) is 0 Å². The summed E-state index contributed by atoms with van der Waals surface area (Å²) in [5.74, 6) is 6.73. The summed E-state index contributed by atoms with van der Waals surface area (Å²) in [5.41, 5.74) is 5.33. The van der Waals surface area contributed by atoms with Crippen LogP contribution in [0.5, 0.6) is 5.75 Å². The Morgan fingerprint density at radius 3 is 2.71 bits per heavy atom. The van der Waals surface area contributed by atoms with E-state index >= 15 is 0 Å². The third-order valence-electron chi connectivity index (χ3n) is 5.14. The maximum absolute atomic E-state index is 9.01. The van der Waals surface area contributed by atoms with Crippen LogP contribution in [0.2, 0.25) is 0 Å². The van der Waals surface area contributed by atoms with Crippen LogP contribution in [0, 0.1) is 30.1 Å². The Bertz CT molecular complexity index is 1310. The van der Waals surface area contributed by atoms with Crippen LogP contribution in [0.3, 0.4) is 0 Å². The molecule has 0 N–H and O–H groups in total. The Morgan fingerprint density at radius 2 is 1.97 bits per heavy atom. The molecule has 4 aromatic rings. The van der Waals surface area contributed by atoms with Gasteiger partial charge in [0.15, 0.2) is 0 Å². The van der Waals surface area contributed by atoms with Crippen molar-refractivity contribution in [1.29, 1.82) is 5.26 Å². The number of fused-ring (bicyclic) bond motifs is 1. The lowest BCUT2D eigenvalue weighted by Crippen LogP contribution is -1.97. The smallest absolute Gasteiger partial charge is 0.119 e. The maximum atomic E-state index is 9.01. The molecule has 0 radical (unpaired) electrons. The molecule has 0 bridgehead atoms. The van der Waals surface area contributed by atoms with Crippen molar-refractivity contribution in [2.75, 3.05) is 0 Å². The maximum Gasteiger partial charge on any atom is 0.119 e. The van der Waals surface area contributed by atoms with Crippen LogP contribution >= 0.6 is 11.3 Å². The zero-order valence-electron chi connectivity index (χ0n) is 17.4. The number of aryl methyl sites for hydroxylation is 1. The summed E-state index contributed by atoms with van der Waals surface area (Å²) in [4.78, 5) is 8.52. The van der Waals surface area contributed by atoms with Gasteiger partial charge in [-0.2, -0.15) is 5.26 Å². The van der Waals surface area contributed by atoms with Crippen LogP contribution in [0.15, 0.2) is 60.4 Å². The summed E-state index contributed by atoms with van der Waals surface area (Å²) in [6.45, 7) is 4.28. The lowest BCUT2D eigenvalue weighted by Gasteiger charge is -2.10. The van der Waals surface area contributed by atoms with Crippen molar-refractivity contribution in [3.63, 3.8) is 0 Å². The highest BCUT2D eigenvalue weighted by Gasteiger charge is 2.11. The molecule has 4 nitrogen and oxygen atoms in total. The zero-order valence-corrected chi connectivity index (χ0v) is 18.2. The molecule has 5 heteroatoms. The van der Waals surface area contributed by atoms with Crippen molar-refractivity contribution in [3.05, 3.63) is 77.2 Å². The molecule has 2 aromatic heterocycles. The molecule has 0 unspecified atom stereocenters. The first kappa shape index (κ1) is 20.6. The second-order valence-electron chi connectivity index (χ2n) is 7.17. The zero-order chi connectivity index (χ0) is 21.6. The van der Waals surface area contributed by atoms with Crippen LogP contribution in [-0.4, -0.2) is 9.97 Å². The third kappa shape index (κ3) is 4.58. The Balaban J connectivity index is 1.52. The average molecular weight is 424 g/mol. The molecule has 152 valence electrons. The second kappa shape index (κ2) is 9.43. The molecule has 4 rings (SSSR count). The van der Waals surface area contributed by atoms with E-state index in [2.05, 4.69) is 51.5 Å². The molecule has 1 atom stereocenters. The van der Waals surface area contributed by atoms with Gasteiger partial charge in [0.1, 0.15) is 18.7 Å². The average Bonchev–Trinajstić information content (AvgIpc) is 3.21. The first-order valence-corrected chi connectivity index (χ1v) is 10.9. The van der Waals surface area contributed by atoms with Gasteiger partial charge in [-0.25, -0.2) is 9.97 Å². The van der Waals surface area contributed by atoms with Gasteiger partial charge in [0.05, 0.1) is 18.4 Å². The summed E-state index contributed by atoms with van der Waals surface area (Å²) < 4.78 is 7.25. The molecule has 2 heterocycles. The minimum absolute atomic E-state index is 0.0612. The molecular formula is C26H21N3OS. The van der Waals surface area contributed by atoms with E-state index in [4.69, 9.17) is 10.00 Å². The molecule has 0 fully saturated rings. The SMILES string of the molecule is CC#C[C@@H](CC#N)c1ccc(OCc2ccc3scc(-c4cncnc4C)c3c2)cc1. The monoisotopic (exact) mass is 423 g/mol. The predicted molar refractivity (Wildman–Crippen MR) is 125 cm³/mol. The predicted octanol–water partition coefficient (Wildman–Crippen LogP) is 6.27. The van der Waals surface area contributed by atoms with Crippen molar-refractivity contribution < 1.29 is 4.74 Å².